The van der Waals surface area contributed by atoms with Gasteiger partial charge in [-0.25, -0.2) is 0 Å². The SMILES string of the molecule is Cc1c(Br)n[nH]c1-c1ccc(C(F)(F)F)cc1. The average Bonchev–Trinajstić information content (AvgIpc) is 2.59. The van der Waals surface area contributed by atoms with Crippen molar-refractivity contribution in [1.82, 2.24) is 10.2 Å². The van der Waals surface area contributed by atoms with E-state index in [0.29, 0.717) is 15.9 Å². The van der Waals surface area contributed by atoms with Gasteiger partial charge in [0.15, 0.2) is 0 Å². The van der Waals surface area contributed by atoms with Crippen molar-refractivity contribution >= 4 is 15.9 Å². The normalized spacial score (nSPS) is 11.8. The van der Waals surface area contributed by atoms with E-state index in [1.807, 2.05) is 6.92 Å². The minimum absolute atomic E-state index is 0.655. The second kappa shape index (κ2) is 4.18. The summed E-state index contributed by atoms with van der Waals surface area (Å²) in [7, 11) is 0. The van der Waals surface area contributed by atoms with Gasteiger partial charge in [0.25, 0.3) is 0 Å². The Balaban J connectivity index is 2.40. The molecule has 0 bridgehead atoms. The zero-order valence-electron chi connectivity index (χ0n) is 8.77. The number of nitrogens with zero attached hydrogens (tertiary/aromatic N) is 1. The van der Waals surface area contributed by atoms with Crippen LogP contribution in [0, 0.1) is 6.92 Å². The number of hydrogen-bond donors (Lipinski definition) is 1. The molecule has 1 heterocycles. The van der Waals surface area contributed by atoms with E-state index >= 15 is 0 Å². The molecule has 0 saturated heterocycles. The van der Waals surface area contributed by atoms with Crippen LogP contribution in [-0.4, -0.2) is 10.2 Å². The molecule has 0 aliphatic carbocycles. The van der Waals surface area contributed by atoms with Crippen molar-refractivity contribution in [3.8, 4) is 11.3 Å². The lowest BCUT2D eigenvalue weighted by Crippen LogP contribution is -2.04. The molecule has 0 aliphatic rings. The number of nitrogens with one attached hydrogen (secondary N) is 1. The highest BCUT2D eigenvalue weighted by Gasteiger charge is 2.30. The number of hydrogen-bond acceptors (Lipinski definition) is 1. The van der Waals surface area contributed by atoms with Crippen LogP contribution >= 0.6 is 15.9 Å². The van der Waals surface area contributed by atoms with Crippen LogP contribution in [0.5, 0.6) is 0 Å². The first-order valence-corrected chi connectivity index (χ1v) is 5.57. The van der Waals surface area contributed by atoms with Crippen molar-refractivity contribution in [1.29, 1.82) is 0 Å². The summed E-state index contributed by atoms with van der Waals surface area (Å²) in [5.74, 6) is 0. The molecule has 90 valence electrons. The van der Waals surface area contributed by atoms with E-state index in [1.54, 1.807) is 0 Å². The van der Waals surface area contributed by atoms with Gasteiger partial charge in [-0.3, -0.25) is 5.10 Å². The van der Waals surface area contributed by atoms with Gasteiger partial charge >= 0.3 is 6.18 Å². The third-order valence-electron chi connectivity index (χ3n) is 2.45. The summed E-state index contributed by atoms with van der Waals surface area (Å²) in [6.07, 6.45) is -4.30. The smallest absolute Gasteiger partial charge is 0.276 e. The number of rotatable bonds is 1. The third-order valence-corrected chi connectivity index (χ3v) is 3.22. The topological polar surface area (TPSA) is 28.7 Å². The van der Waals surface area contributed by atoms with E-state index in [1.165, 1.54) is 12.1 Å². The Bertz CT molecular complexity index is 529. The van der Waals surface area contributed by atoms with Crippen LogP contribution in [-0.2, 0) is 6.18 Å². The highest BCUT2D eigenvalue weighted by atomic mass is 79.9. The Morgan fingerprint density at radius 1 is 1.18 bits per heavy atom. The maximum Gasteiger partial charge on any atom is 0.416 e. The summed E-state index contributed by atoms with van der Waals surface area (Å²) < 4.78 is 37.8. The standard InChI is InChI=1S/C11H8BrF3N2/c1-6-9(16-17-10(6)12)7-2-4-8(5-3-7)11(13,14)15/h2-5H,1H3,(H,16,17). The van der Waals surface area contributed by atoms with Crippen molar-refractivity contribution in [3.63, 3.8) is 0 Å². The van der Waals surface area contributed by atoms with E-state index in [4.69, 9.17) is 0 Å². The molecule has 17 heavy (non-hydrogen) atoms. The molecular weight excluding hydrogens is 297 g/mol. The van der Waals surface area contributed by atoms with Gasteiger partial charge in [-0.05, 0) is 40.5 Å². The van der Waals surface area contributed by atoms with Crippen LogP contribution in [0.15, 0.2) is 28.9 Å². The molecular formula is C11H8BrF3N2. The highest BCUT2D eigenvalue weighted by Crippen LogP contribution is 2.32. The number of alkyl halides is 3. The first kappa shape index (κ1) is 12.2. The molecule has 0 atom stereocenters. The first-order chi connectivity index (χ1) is 7.89. The zero-order valence-corrected chi connectivity index (χ0v) is 10.4. The predicted molar refractivity (Wildman–Crippen MR) is 61.5 cm³/mol. The minimum atomic E-state index is -4.30. The van der Waals surface area contributed by atoms with E-state index in [2.05, 4.69) is 26.1 Å². The Morgan fingerprint density at radius 2 is 1.76 bits per heavy atom. The summed E-state index contributed by atoms with van der Waals surface area (Å²) in [4.78, 5) is 0. The van der Waals surface area contributed by atoms with Crippen LogP contribution < -0.4 is 0 Å². The van der Waals surface area contributed by atoms with Crippen LogP contribution in [0.25, 0.3) is 11.3 Å². The van der Waals surface area contributed by atoms with Gasteiger partial charge in [-0.15, -0.1) is 0 Å². The maximum absolute atomic E-state index is 12.4. The monoisotopic (exact) mass is 304 g/mol. The summed E-state index contributed by atoms with van der Waals surface area (Å²) >= 11 is 3.24. The number of halogens is 4. The van der Waals surface area contributed by atoms with Crippen LogP contribution in [0.4, 0.5) is 13.2 Å². The fourth-order valence-corrected chi connectivity index (χ4v) is 1.77. The number of aromatic amines is 1. The third kappa shape index (κ3) is 2.36. The van der Waals surface area contributed by atoms with E-state index in [9.17, 15) is 13.2 Å². The lowest BCUT2D eigenvalue weighted by molar-refractivity contribution is -0.137. The second-order valence-corrected chi connectivity index (χ2v) is 4.34. The number of benzene rings is 1. The summed E-state index contributed by atoms with van der Waals surface area (Å²) in [6.45, 7) is 1.83. The lowest BCUT2D eigenvalue weighted by Gasteiger charge is -2.07. The van der Waals surface area contributed by atoms with Crippen molar-refractivity contribution in [3.05, 3.63) is 40.0 Å². The molecule has 1 aromatic heterocycles. The molecule has 0 radical (unpaired) electrons. The minimum Gasteiger partial charge on any atom is -0.276 e. The maximum atomic E-state index is 12.4. The quantitative estimate of drug-likeness (QED) is 0.842. The molecule has 0 fully saturated rings. The Hall–Kier alpha value is -1.30. The molecule has 1 aromatic carbocycles. The zero-order chi connectivity index (χ0) is 12.6. The van der Waals surface area contributed by atoms with Crippen molar-refractivity contribution in [2.75, 3.05) is 0 Å². The molecule has 2 rings (SSSR count). The van der Waals surface area contributed by atoms with E-state index in [0.717, 1.165) is 17.7 Å². The number of H-pyrrole nitrogens is 1. The Labute approximate surface area is 104 Å². The molecule has 2 nitrogen and oxygen atoms in total. The van der Waals surface area contributed by atoms with Gasteiger partial charge in [0.2, 0.25) is 0 Å². The average molecular weight is 305 g/mol. The van der Waals surface area contributed by atoms with E-state index in [-0.39, 0.29) is 0 Å². The Kier molecular flexibility index (Phi) is 2.99. The summed E-state index contributed by atoms with van der Waals surface area (Å²) in [5.41, 5.74) is 1.60. The molecule has 0 unspecified atom stereocenters. The molecule has 0 spiro atoms. The van der Waals surface area contributed by atoms with Gasteiger partial charge in [0.05, 0.1) is 11.3 Å². The number of aromatic nitrogens is 2. The Morgan fingerprint density at radius 3 is 2.18 bits per heavy atom. The fourth-order valence-electron chi connectivity index (χ4n) is 1.48. The lowest BCUT2D eigenvalue weighted by atomic mass is 10.1. The van der Waals surface area contributed by atoms with Crippen LogP contribution in [0.3, 0.4) is 0 Å². The molecule has 2 aromatic rings. The molecule has 6 heteroatoms. The van der Waals surface area contributed by atoms with Crippen molar-refractivity contribution in [2.45, 2.75) is 13.1 Å². The molecule has 0 saturated carbocycles. The largest absolute Gasteiger partial charge is 0.416 e. The van der Waals surface area contributed by atoms with Gasteiger partial charge in [0, 0.05) is 5.56 Å². The van der Waals surface area contributed by atoms with Gasteiger partial charge in [0.1, 0.15) is 4.60 Å². The first-order valence-electron chi connectivity index (χ1n) is 4.77. The van der Waals surface area contributed by atoms with Crippen LogP contribution in [0.2, 0.25) is 0 Å². The van der Waals surface area contributed by atoms with Gasteiger partial charge in [-0.1, -0.05) is 12.1 Å². The molecule has 1 N–H and O–H groups in total. The second-order valence-electron chi connectivity index (χ2n) is 3.59. The fraction of sp³-hybridized carbons (Fsp3) is 0.182. The molecule has 0 aliphatic heterocycles. The van der Waals surface area contributed by atoms with Gasteiger partial charge < -0.3 is 0 Å². The highest BCUT2D eigenvalue weighted by molar-refractivity contribution is 9.10. The van der Waals surface area contributed by atoms with Crippen molar-refractivity contribution in [2.24, 2.45) is 0 Å². The molecule has 0 amide bonds. The van der Waals surface area contributed by atoms with E-state index < -0.39 is 11.7 Å². The van der Waals surface area contributed by atoms with Crippen molar-refractivity contribution < 1.29 is 13.2 Å². The summed E-state index contributed by atoms with van der Waals surface area (Å²) in [5, 5.41) is 6.70. The van der Waals surface area contributed by atoms with Crippen LogP contribution in [0.1, 0.15) is 11.1 Å². The van der Waals surface area contributed by atoms with Gasteiger partial charge in [-0.2, -0.15) is 18.3 Å². The summed E-state index contributed by atoms with van der Waals surface area (Å²) in [6, 6.07) is 4.97. The predicted octanol–water partition coefficient (Wildman–Crippen LogP) is 4.17.